The molecule has 4 nitrogen and oxygen atoms in total. The van der Waals surface area contributed by atoms with Crippen LogP contribution in [0, 0.1) is 0 Å². The predicted octanol–water partition coefficient (Wildman–Crippen LogP) is 1.82. The molecular formula is C12H17N3O. The Kier molecular flexibility index (Phi) is 3.88. The van der Waals surface area contributed by atoms with E-state index in [1.54, 1.807) is 18.6 Å². The highest BCUT2D eigenvalue weighted by Crippen LogP contribution is 2.23. The first kappa shape index (κ1) is 11.1. The van der Waals surface area contributed by atoms with Gasteiger partial charge in [0.05, 0.1) is 18.5 Å². The number of hydrogen-bond donors (Lipinski definition) is 1. The molecule has 2 heterocycles. The molecule has 4 heteroatoms. The number of rotatable bonds is 4. The standard InChI is InChI=1S/C12H17N3O/c1-2-14-12(10-9-13-6-7-15-10)11-5-3-4-8-16-11/h5-7,9,12,14H,2-4,8H2,1H3. The average Bonchev–Trinajstić information content (AvgIpc) is 2.38. The topological polar surface area (TPSA) is 47.0 Å². The van der Waals surface area contributed by atoms with Gasteiger partial charge >= 0.3 is 0 Å². The first-order chi connectivity index (χ1) is 7.92. The monoisotopic (exact) mass is 219 g/mol. The molecule has 1 aliphatic heterocycles. The highest BCUT2D eigenvalue weighted by molar-refractivity contribution is 5.17. The zero-order chi connectivity index (χ0) is 11.2. The van der Waals surface area contributed by atoms with Crippen LogP contribution in [0.1, 0.15) is 31.5 Å². The van der Waals surface area contributed by atoms with E-state index < -0.39 is 0 Å². The quantitative estimate of drug-likeness (QED) is 0.839. The van der Waals surface area contributed by atoms with Gasteiger partial charge in [-0.1, -0.05) is 6.92 Å². The molecule has 0 spiro atoms. The maximum Gasteiger partial charge on any atom is 0.115 e. The normalized spacial score (nSPS) is 17.4. The Bertz CT molecular complexity index is 351. The predicted molar refractivity (Wildman–Crippen MR) is 61.7 cm³/mol. The number of nitrogens with zero attached hydrogens (tertiary/aromatic N) is 2. The summed E-state index contributed by atoms with van der Waals surface area (Å²) in [5.41, 5.74) is 0.914. The Morgan fingerprint density at radius 2 is 2.44 bits per heavy atom. The second kappa shape index (κ2) is 5.61. The number of allylic oxidation sites excluding steroid dienone is 1. The van der Waals surface area contributed by atoms with E-state index in [1.807, 2.05) is 0 Å². The van der Waals surface area contributed by atoms with Crippen molar-refractivity contribution in [2.45, 2.75) is 25.8 Å². The van der Waals surface area contributed by atoms with Crippen molar-refractivity contribution in [2.75, 3.05) is 13.2 Å². The van der Waals surface area contributed by atoms with Crippen molar-refractivity contribution in [2.24, 2.45) is 0 Å². The zero-order valence-electron chi connectivity index (χ0n) is 9.52. The van der Waals surface area contributed by atoms with Crippen molar-refractivity contribution < 1.29 is 4.74 Å². The Morgan fingerprint density at radius 3 is 3.06 bits per heavy atom. The van der Waals surface area contributed by atoms with Crippen molar-refractivity contribution in [3.8, 4) is 0 Å². The Morgan fingerprint density at radius 1 is 1.50 bits per heavy atom. The van der Waals surface area contributed by atoms with Gasteiger partial charge in [0.15, 0.2) is 0 Å². The van der Waals surface area contributed by atoms with Crippen LogP contribution in [0.3, 0.4) is 0 Å². The molecule has 1 aliphatic rings. The fraction of sp³-hybridized carbons (Fsp3) is 0.500. The molecule has 0 saturated carbocycles. The molecule has 86 valence electrons. The van der Waals surface area contributed by atoms with Crippen LogP contribution in [0.4, 0.5) is 0 Å². The summed E-state index contributed by atoms with van der Waals surface area (Å²) in [5.74, 6) is 0.980. The minimum absolute atomic E-state index is 0.0407. The Hall–Kier alpha value is -1.42. The Balaban J connectivity index is 2.19. The third-order valence-electron chi connectivity index (χ3n) is 2.53. The molecule has 1 atom stereocenters. The van der Waals surface area contributed by atoms with Gasteiger partial charge in [-0.3, -0.25) is 9.97 Å². The van der Waals surface area contributed by atoms with E-state index >= 15 is 0 Å². The van der Waals surface area contributed by atoms with Gasteiger partial charge in [0.1, 0.15) is 11.8 Å². The lowest BCUT2D eigenvalue weighted by Gasteiger charge is -2.23. The van der Waals surface area contributed by atoms with Gasteiger partial charge in [0.25, 0.3) is 0 Å². The fourth-order valence-electron chi connectivity index (χ4n) is 1.79. The van der Waals surface area contributed by atoms with Crippen LogP contribution in [0.25, 0.3) is 0 Å². The summed E-state index contributed by atoms with van der Waals surface area (Å²) in [6, 6.07) is 0.0407. The third-order valence-corrected chi connectivity index (χ3v) is 2.53. The van der Waals surface area contributed by atoms with Crippen LogP contribution in [0.2, 0.25) is 0 Å². The summed E-state index contributed by atoms with van der Waals surface area (Å²) in [6.45, 7) is 3.75. The summed E-state index contributed by atoms with van der Waals surface area (Å²) in [6.07, 6.45) is 9.50. The van der Waals surface area contributed by atoms with Crippen molar-refractivity contribution in [3.63, 3.8) is 0 Å². The van der Waals surface area contributed by atoms with E-state index in [4.69, 9.17) is 4.74 Å². The highest BCUT2D eigenvalue weighted by Gasteiger charge is 2.20. The van der Waals surface area contributed by atoms with Gasteiger partial charge in [0.2, 0.25) is 0 Å². The van der Waals surface area contributed by atoms with Crippen LogP contribution >= 0.6 is 0 Å². The molecule has 1 unspecified atom stereocenters. The van der Waals surface area contributed by atoms with Crippen LogP contribution in [-0.4, -0.2) is 23.1 Å². The molecular weight excluding hydrogens is 202 g/mol. The SMILES string of the molecule is CCNC(C1=CCCCO1)c1cnccn1. The van der Waals surface area contributed by atoms with Crippen molar-refractivity contribution in [1.82, 2.24) is 15.3 Å². The first-order valence-electron chi connectivity index (χ1n) is 5.74. The lowest BCUT2D eigenvalue weighted by atomic mass is 10.1. The van der Waals surface area contributed by atoms with Gasteiger partial charge < -0.3 is 10.1 Å². The van der Waals surface area contributed by atoms with Gasteiger partial charge in [-0.25, -0.2) is 0 Å². The molecule has 1 N–H and O–H groups in total. The van der Waals surface area contributed by atoms with E-state index in [0.29, 0.717) is 0 Å². The van der Waals surface area contributed by atoms with Crippen LogP contribution in [0.15, 0.2) is 30.4 Å². The molecule has 2 rings (SSSR count). The lowest BCUT2D eigenvalue weighted by molar-refractivity contribution is 0.167. The maximum atomic E-state index is 5.68. The molecule has 0 aromatic carbocycles. The molecule has 0 aliphatic carbocycles. The maximum absolute atomic E-state index is 5.68. The van der Waals surface area contributed by atoms with Crippen molar-refractivity contribution in [1.29, 1.82) is 0 Å². The summed E-state index contributed by atoms with van der Waals surface area (Å²) in [4.78, 5) is 8.42. The van der Waals surface area contributed by atoms with Crippen molar-refractivity contribution in [3.05, 3.63) is 36.1 Å². The fourth-order valence-corrected chi connectivity index (χ4v) is 1.79. The summed E-state index contributed by atoms with van der Waals surface area (Å²) in [7, 11) is 0. The lowest BCUT2D eigenvalue weighted by Crippen LogP contribution is -2.26. The summed E-state index contributed by atoms with van der Waals surface area (Å²) in [5, 5.41) is 3.37. The largest absolute Gasteiger partial charge is 0.496 e. The van der Waals surface area contributed by atoms with Crippen LogP contribution in [-0.2, 0) is 4.74 Å². The van der Waals surface area contributed by atoms with E-state index in [1.165, 1.54) is 0 Å². The molecule has 1 aromatic rings. The Labute approximate surface area is 95.8 Å². The van der Waals surface area contributed by atoms with Crippen LogP contribution < -0.4 is 5.32 Å². The molecule has 0 radical (unpaired) electrons. The van der Waals surface area contributed by atoms with Gasteiger partial charge in [-0.2, -0.15) is 0 Å². The van der Waals surface area contributed by atoms with Gasteiger partial charge in [-0.15, -0.1) is 0 Å². The second-order valence-electron chi connectivity index (χ2n) is 3.72. The van der Waals surface area contributed by atoms with E-state index in [9.17, 15) is 0 Å². The number of likely N-dealkylation sites (N-methyl/N-ethyl adjacent to an activating group) is 1. The second-order valence-corrected chi connectivity index (χ2v) is 3.72. The zero-order valence-corrected chi connectivity index (χ0v) is 9.52. The number of nitrogens with one attached hydrogen (secondary N) is 1. The highest BCUT2D eigenvalue weighted by atomic mass is 16.5. The summed E-state index contributed by atoms with van der Waals surface area (Å²) >= 11 is 0. The van der Waals surface area contributed by atoms with Crippen LogP contribution in [0.5, 0.6) is 0 Å². The van der Waals surface area contributed by atoms with E-state index in [0.717, 1.165) is 37.4 Å². The number of hydrogen-bond acceptors (Lipinski definition) is 4. The smallest absolute Gasteiger partial charge is 0.115 e. The molecule has 1 aromatic heterocycles. The molecule has 0 amide bonds. The van der Waals surface area contributed by atoms with E-state index in [-0.39, 0.29) is 6.04 Å². The van der Waals surface area contributed by atoms with E-state index in [2.05, 4.69) is 28.3 Å². The average molecular weight is 219 g/mol. The molecule has 0 bridgehead atoms. The van der Waals surface area contributed by atoms with Crippen molar-refractivity contribution >= 4 is 0 Å². The third kappa shape index (κ3) is 2.58. The van der Waals surface area contributed by atoms with Gasteiger partial charge in [0, 0.05) is 12.4 Å². The number of ether oxygens (including phenoxy) is 1. The summed E-state index contributed by atoms with van der Waals surface area (Å²) < 4.78 is 5.68. The number of aromatic nitrogens is 2. The first-order valence-corrected chi connectivity index (χ1v) is 5.74. The minimum atomic E-state index is 0.0407. The molecule has 16 heavy (non-hydrogen) atoms. The molecule has 0 fully saturated rings. The van der Waals surface area contributed by atoms with Gasteiger partial charge in [-0.05, 0) is 25.5 Å². The molecule has 0 saturated heterocycles. The minimum Gasteiger partial charge on any atom is -0.496 e.